The van der Waals surface area contributed by atoms with Gasteiger partial charge in [0, 0.05) is 29.2 Å². The number of aromatic nitrogens is 1. The predicted molar refractivity (Wildman–Crippen MR) is 100 cm³/mol. The molecule has 0 aliphatic rings. The van der Waals surface area contributed by atoms with Gasteiger partial charge in [-0.15, -0.1) is 12.6 Å². The molecular weight excluding hydrogens is 340 g/mol. The van der Waals surface area contributed by atoms with E-state index in [9.17, 15) is 0 Å². The van der Waals surface area contributed by atoms with E-state index in [0.29, 0.717) is 18.8 Å². The van der Waals surface area contributed by atoms with E-state index in [1.165, 1.54) is 0 Å². The van der Waals surface area contributed by atoms with Crippen molar-refractivity contribution in [2.45, 2.75) is 18.0 Å². The molecule has 5 heteroatoms. The minimum absolute atomic E-state index is 0.675. The summed E-state index contributed by atoms with van der Waals surface area (Å²) in [4.78, 5) is 4.96. The van der Waals surface area contributed by atoms with E-state index in [2.05, 4.69) is 22.9 Å². The number of halogens is 1. The van der Waals surface area contributed by atoms with E-state index in [1.807, 2.05) is 54.6 Å². The van der Waals surface area contributed by atoms with Crippen LogP contribution in [0.25, 0.3) is 0 Å². The first-order chi connectivity index (χ1) is 11.7. The standard InChI is InChI=1S/C19H17ClN2OS/c20-18-6-2-1-4-14(18)11-22-12-15-10-16(7-8-19(15)24)23-17-5-3-9-21-13-17/h1-10,13,22,24H,11-12H2. The summed E-state index contributed by atoms with van der Waals surface area (Å²) in [7, 11) is 0. The normalized spacial score (nSPS) is 10.6. The van der Waals surface area contributed by atoms with Gasteiger partial charge in [-0.2, -0.15) is 0 Å². The van der Waals surface area contributed by atoms with Gasteiger partial charge in [0.15, 0.2) is 0 Å². The van der Waals surface area contributed by atoms with Crippen LogP contribution in [0.5, 0.6) is 11.5 Å². The summed E-state index contributed by atoms with van der Waals surface area (Å²) in [6.45, 7) is 1.37. The van der Waals surface area contributed by atoms with Gasteiger partial charge >= 0.3 is 0 Å². The van der Waals surface area contributed by atoms with Crippen molar-refractivity contribution in [1.82, 2.24) is 10.3 Å². The maximum atomic E-state index is 6.17. The van der Waals surface area contributed by atoms with Crippen molar-refractivity contribution in [2.24, 2.45) is 0 Å². The molecule has 1 N–H and O–H groups in total. The Morgan fingerprint density at radius 3 is 2.58 bits per heavy atom. The van der Waals surface area contributed by atoms with Crippen LogP contribution in [0.4, 0.5) is 0 Å². The van der Waals surface area contributed by atoms with Gasteiger partial charge in [-0.25, -0.2) is 0 Å². The number of hydrogen-bond acceptors (Lipinski definition) is 4. The zero-order chi connectivity index (χ0) is 16.8. The third-order valence-corrected chi connectivity index (χ3v) is 4.31. The molecule has 3 nitrogen and oxygen atoms in total. The molecule has 24 heavy (non-hydrogen) atoms. The van der Waals surface area contributed by atoms with Crippen molar-refractivity contribution in [3.8, 4) is 11.5 Å². The fourth-order valence-electron chi connectivity index (χ4n) is 2.28. The van der Waals surface area contributed by atoms with Crippen LogP contribution in [0.1, 0.15) is 11.1 Å². The summed E-state index contributed by atoms with van der Waals surface area (Å²) in [6, 6.07) is 17.3. The molecule has 0 fully saturated rings. The number of rotatable bonds is 6. The van der Waals surface area contributed by atoms with Crippen LogP contribution in [0.15, 0.2) is 71.9 Å². The Bertz CT molecular complexity index is 811. The van der Waals surface area contributed by atoms with Gasteiger partial charge < -0.3 is 10.1 Å². The predicted octanol–water partition coefficient (Wildman–Crippen LogP) is 5.11. The third kappa shape index (κ3) is 4.51. The van der Waals surface area contributed by atoms with Crippen LogP contribution in [-0.2, 0) is 13.1 Å². The van der Waals surface area contributed by atoms with Crippen LogP contribution in [0.2, 0.25) is 5.02 Å². The van der Waals surface area contributed by atoms with Crippen molar-refractivity contribution in [2.75, 3.05) is 0 Å². The summed E-state index contributed by atoms with van der Waals surface area (Å²) >= 11 is 10.7. The zero-order valence-electron chi connectivity index (χ0n) is 12.9. The molecule has 0 saturated heterocycles. The smallest absolute Gasteiger partial charge is 0.145 e. The first-order valence-electron chi connectivity index (χ1n) is 7.56. The number of nitrogens with one attached hydrogen (secondary N) is 1. The lowest BCUT2D eigenvalue weighted by atomic mass is 10.2. The van der Waals surface area contributed by atoms with Gasteiger partial charge in [0.25, 0.3) is 0 Å². The summed E-state index contributed by atoms with van der Waals surface area (Å²) in [5, 5.41) is 4.16. The first-order valence-corrected chi connectivity index (χ1v) is 8.39. The second-order valence-corrected chi connectivity index (χ2v) is 6.17. The summed E-state index contributed by atoms with van der Waals surface area (Å²) in [5.41, 5.74) is 2.13. The molecule has 0 unspecified atom stereocenters. The molecular formula is C19H17ClN2OS. The molecule has 1 aromatic heterocycles. The highest BCUT2D eigenvalue weighted by Crippen LogP contribution is 2.25. The molecule has 0 atom stereocenters. The van der Waals surface area contributed by atoms with Crippen LogP contribution < -0.4 is 10.1 Å². The molecule has 1 heterocycles. The van der Waals surface area contributed by atoms with E-state index in [0.717, 1.165) is 26.8 Å². The Morgan fingerprint density at radius 1 is 0.958 bits per heavy atom. The van der Waals surface area contributed by atoms with E-state index in [-0.39, 0.29) is 0 Å². The Morgan fingerprint density at radius 2 is 1.79 bits per heavy atom. The maximum absolute atomic E-state index is 6.17. The molecule has 0 saturated carbocycles. The van der Waals surface area contributed by atoms with Crippen molar-refractivity contribution >= 4 is 24.2 Å². The highest BCUT2D eigenvalue weighted by Gasteiger charge is 2.05. The Kier molecular flexibility index (Phi) is 5.75. The highest BCUT2D eigenvalue weighted by molar-refractivity contribution is 7.80. The average molecular weight is 357 g/mol. The van der Waals surface area contributed by atoms with Crippen LogP contribution in [-0.4, -0.2) is 4.98 Å². The van der Waals surface area contributed by atoms with Gasteiger partial charge in [-0.3, -0.25) is 4.98 Å². The van der Waals surface area contributed by atoms with Gasteiger partial charge in [-0.1, -0.05) is 29.8 Å². The van der Waals surface area contributed by atoms with Gasteiger partial charge in [0.2, 0.25) is 0 Å². The van der Waals surface area contributed by atoms with E-state index < -0.39 is 0 Å². The fourth-order valence-corrected chi connectivity index (χ4v) is 2.70. The molecule has 122 valence electrons. The van der Waals surface area contributed by atoms with Crippen LogP contribution >= 0.6 is 24.2 Å². The summed E-state index contributed by atoms with van der Waals surface area (Å²) in [6.07, 6.45) is 3.40. The number of ether oxygens (including phenoxy) is 1. The van der Waals surface area contributed by atoms with Crippen LogP contribution in [0.3, 0.4) is 0 Å². The molecule has 0 spiro atoms. The summed E-state index contributed by atoms with van der Waals surface area (Å²) in [5.74, 6) is 1.47. The van der Waals surface area contributed by atoms with Crippen molar-refractivity contribution in [3.05, 3.63) is 83.1 Å². The molecule has 2 aromatic carbocycles. The van der Waals surface area contributed by atoms with Crippen molar-refractivity contribution in [3.63, 3.8) is 0 Å². The van der Waals surface area contributed by atoms with Crippen molar-refractivity contribution < 1.29 is 4.74 Å². The quantitative estimate of drug-likeness (QED) is 0.602. The van der Waals surface area contributed by atoms with Crippen molar-refractivity contribution in [1.29, 1.82) is 0 Å². The minimum atomic E-state index is 0.675. The lowest BCUT2D eigenvalue weighted by Crippen LogP contribution is -2.13. The average Bonchev–Trinajstić information content (AvgIpc) is 2.60. The monoisotopic (exact) mass is 356 g/mol. The van der Waals surface area contributed by atoms with E-state index in [1.54, 1.807) is 12.4 Å². The minimum Gasteiger partial charge on any atom is -0.456 e. The van der Waals surface area contributed by atoms with E-state index >= 15 is 0 Å². The number of thiol groups is 1. The zero-order valence-corrected chi connectivity index (χ0v) is 14.6. The number of pyridine rings is 1. The maximum Gasteiger partial charge on any atom is 0.145 e. The number of nitrogens with zero attached hydrogens (tertiary/aromatic N) is 1. The van der Waals surface area contributed by atoms with E-state index in [4.69, 9.17) is 16.3 Å². The molecule has 0 radical (unpaired) electrons. The first kappa shape index (κ1) is 16.8. The molecule has 0 aliphatic carbocycles. The largest absolute Gasteiger partial charge is 0.456 e. The van der Waals surface area contributed by atoms with Gasteiger partial charge in [-0.05, 0) is 47.5 Å². The van der Waals surface area contributed by atoms with Crippen LogP contribution in [0, 0.1) is 0 Å². The molecule has 3 aromatic rings. The highest BCUT2D eigenvalue weighted by atomic mass is 35.5. The Hall–Kier alpha value is -2.01. The topological polar surface area (TPSA) is 34.1 Å². The second-order valence-electron chi connectivity index (χ2n) is 5.28. The lowest BCUT2D eigenvalue weighted by molar-refractivity contribution is 0.478. The van der Waals surface area contributed by atoms with Gasteiger partial charge in [0.1, 0.15) is 11.5 Å². The lowest BCUT2D eigenvalue weighted by Gasteiger charge is -2.11. The summed E-state index contributed by atoms with van der Waals surface area (Å²) < 4.78 is 5.81. The SMILES string of the molecule is Sc1ccc(Oc2cccnc2)cc1CNCc1ccccc1Cl. The van der Waals surface area contributed by atoms with Gasteiger partial charge in [0.05, 0.1) is 6.20 Å². The number of benzene rings is 2. The third-order valence-electron chi connectivity index (χ3n) is 3.51. The number of hydrogen-bond donors (Lipinski definition) is 2. The Labute approximate surface area is 152 Å². The molecule has 0 aliphatic heterocycles. The fraction of sp³-hybridized carbons (Fsp3) is 0.105. The molecule has 3 rings (SSSR count). The molecule has 0 amide bonds. The Balaban J connectivity index is 1.65. The molecule has 0 bridgehead atoms. The second kappa shape index (κ2) is 8.20.